The van der Waals surface area contributed by atoms with Crippen LogP contribution < -0.4 is 0 Å². The Morgan fingerprint density at radius 1 is 1.50 bits per heavy atom. The number of hydrogen-bond donors (Lipinski definition) is 1. The van der Waals surface area contributed by atoms with Gasteiger partial charge in [0.05, 0.1) is 12.0 Å². The summed E-state index contributed by atoms with van der Waals surface area (Å²) in [7, 11) is 1.94. The van der Waals surface area contributed by atoms with E-state index in [1.165, 1.54) is 12.8 Å². The third kappa shape index (κ3) is 4.94. The summed E-state index contributed by atoms with van der Waals surface area (Å²) in [5, 5.41) is 8.98. The van der Waals surface area contributed by atoms with Gasteiger partial charge in [0.15, 0.2) is 0 Å². The Balaban J connectivity index is 2.08. The van der Waals surface area contributed by atoms with Crippen molar-refractivity contribution < 1.29 is 14.6 Å². The molecule has 0 saturated heterocycles. The average Bonchev–Trinajstić information content (AvgIpc) is 2.95. The minimum absolute atomic E-state index is 0.551. The van der Waals surface area contributed by atoms with Crippen molar-refractivity contribution in [2.45, 2.75) is 26.7 Å². The van der Waals surface area contributed by atoms with Crippen LogP contribution >= 0.6 is 0 Å². The molecular weight excluding hydrogens is 206 g/mol. The number of carboxylic acid groups (broad SMARTS) is 1. The standard InChI is InChI=1S/C12H23NO3/c1-12(2,11(14)15)9-13(3)6-7-16-8-10-4-5-10/h10H,4-9H2,1-3H3,(H,14,15). The van der Waals surface area contributed by atoms with Gasteiger partial charge in [-0.15, -0.1) is 0 Å². The van der Waals surface area contributed by atoms with Gasteiger partial charge in [-0.2, -0.15) is 0 Å². The Hall–Kier alpha value is -0.610. The first-order chi connectivity index (χ1) is 7.42. The van der Waals surface area contributed by atoms with Crippen molar-refractivity contribution in [1.29, 1.82) is 0 Å². The van der Waals surface area contributed by atoms with Crippen molar-refractivity contribution in [2.75, 3.05) is 33.4 Å². The van der Waals surface area contributed by atoms with Gasteiger partial charge >= 0.3 is 5.97 Å². The molecule has 1 N–H and O–H groups in total. The molecule has 1 aliphatic rings. The molecule has 0 unspecified atom stereocenters. The third-order valence-corrected chi connectivity index (χ3v) is 2.91. The average molecular weight is 229 g/mol. The maximum atomic E-state index is 10.9. The van der Waals surface area contributed by atoms with Crippen molar-refractivity contribution in [3.05, 3.63) is 0 Å². The van der Waals surface area contributed by atoms with Crippen LogP contribution in [0.3, 0.4) is 0 Å². The maximum absolute atomic E-state index is 10.9. The molecule has 1 saturated carbocycles. The van der Waals surface area contributed by atoms with Crippen LogP contribution in [0.4, 0.5) is 0 Å². The molecule has 4 heteroatoms. The summed E-state index contributed by atoms with van der Waals surface area (Å²) < 4.78 is 5.51. The predicted molar refractivity (Wildman–Crippen MR) is 62.5 cm³/mol. The zero-order valence-corrected chi connectivity index (χ0v) is 10.5. The van der Waals surface area contributed by atoms with Crippen LogP contribution in [0, 0.1) is 11.3 Å². The van der Waals surface area contributed by atoms with E-state index in [9.17, 15) is 4.79 Å². The van der Waals surface area contributed by atoms with E-state index in [4.69, 9.17) is 9.84 Å². The summed E-state index contributed by atoms with van der Waals surface area (Å²) in [5.74, 6) is 0.0408. The number of carboxylic acids is 1. The van der Waals surface area contributed by atoms with Crippen LogP contribution in [-0.2, 0) is 9.53 Å². The van der Waals surface area contributed by atoms with Crippen molar-refractivity contribution in [3.63, 3.8) is 0 Å². The summed E-state index contributed by atoms with van der Waals surface area (Å²) in [4.78, 5) is 12.9. The molecule has 0 bridgehead atoms. The van der Waals surface area contributed by atoms with Gasteiger partial charge < -0.3 is 14.7 Å². The van der Waals surface area contributed by atoms with Crippen LogP contribution in [0.1, 0.15) is 26.7 Å². The number of hydrogen-bond acceptors (Lipinski definition) is 3. The van der Waals surface area contributed by atoms with E-state index in [1.807, 2.05) is 11.9 Å². The molecule has 1 fully saturated rings. The Labute approximate surface area is 97.6 Å². The van der Waals surface area contributed by atoms with Gasteiger partial charge in [-0.3, -0.25) is 4.79 Å². The lowest BCUT2D eigenvalue weighted by Gasteiger charge is -2.26. The fraction of sp³-hybridized carbons (Fsp3) is 0.917. The van der Waals surface area contributed by atoms with Gasteiger partial charge in [0.2, 0.25) is 0 Å². The lowest BCUT2D eigenvalue weighted by atomic mass is 9.93. The number of ether oxygens (including phenoxy) is 1. The lowest BCUT2D eigenvalue weighted by Crippen LogP contribution is -2.38. The van der Waals surface area contributed by atoms with Crippen LogP contribution in [0.2, 0.25) is 0 Å². The van der Waals surface area contributed by atoms with Gasteiger partial charge in [-0.05, 0) is 39.7 Å². The smallest absolute Gasteiger partial charge is 0.310 e. The molecule has 4 nitrogen and oxygen atoms in total. The zero-order valence-electron chi connectivity index (χ0n) is 10.5. The van der Waals surface area contributed by atoms with Crippen molar-refractivity contribution in [3.8, 4) is 0 Å². The second-order valence-electron chi connectivity index (χ2n) is 5.45. The van der Waals surface area contributed by atoms with E-state index < -0.39 is 11.4 Å². The second-order valence-corrected chi connectivity index (χ2v) is 5.45. The van der Waals surface area contributed by atoms with Gasteiger partial charge in [0.25, 0.3) is 0 Å². The van der Waals surface area contributed by atoms with E-state index >= 15 is 0 Å². The lowest BCUT2D eigenvalue weighted by molar-refractivity contribution is -0.147. The molecule has 1 rings (SSSR count). The summed E-state index contributed by atoms with van der Waals surface area (Å²) in [6, 6.07) is 0. The second kappa shape index (κ2) is 5.64. The first kappa shape index (κ1) is 13.5. The van der Waals surface area contributed by atoms with Crippen molar-refractivity contribution >= 4 is 5.97 Å². The molecule has 16 heavy (non-hydrogen) atoms. The molecule has 0 atom stereocenters. The van der Waals surface area contributed by atoms with Crippen LogP contribution in [-0.4, -0.2) is 49.3 Å². The molecule has 0 aliphatic heterocycles. The third-order valence-electron chi connectivity index (χ3n) is 2.91. The molecule has 0 heterocycles. The minimum atomic E-state index is -0.752. The highest BCUT2D eigenvalue weighted by molar-refractivity contribution is 5.73. The fourth-order valence-electron chi connectivity index (χ4n) is 1.58. The van der Waals surface area contributed by atoms with Crippen molar-refractivity contribution in [1.82, 2.24) is 4.90 Å². The van der Waals surface area contributed by atoms with E-state index in [-0.39, 0.29) is 0 Å². The highest BCUT2D eigenvalue weighted by atomic mass is 16.5. The van der Waals surface area contributed by atoms with Gasteiger partial charge in [0.1, 0.15) is 0 Å². The fourth-order valence-corrected chi connectivity index (χ4v) is 1.58. The first-order valence-corrected chi connectivity index (χ1v) is 5.91. The van der Waals surface area contributed by atoms with Crippen LogP contribution in [0.15, 0.2) is 0 Å². The van der Waals surface area contributed by atoms with Crippen LogP contribution in [0.5, 0.6) is 0 Å². The molecule has 1 aliphatic carbocycles. The first-order valence-electron chi connectivity index (χ1n) is 5.91. The highest BCUT2D eigenvalue weighted by Crippen LogP contribution is 2.28. The Morgan fingerprint density at radius 3 is 2.62 bits per heavy atom. The number of nitrogens with zero attached hydrogens (tertiary/aromatic N) is 1. The normalized spacial score (nSPS) is 16.8. The SMILES string of the molecule is CN(CCOCC1CC1)CC(C)(C)C(=O)O. The predicted octanol–water partition coefficient (Wildman–Crippen LogP) is 1.46. The summed E-state index contributed by atoms with van der Waals surface area (Å²) in [6.07, 6.45) is 2.61. The van der Waals surface area contributed by atoms with E-state index in [0.717, 1.165) is 19.1 Å². The number of rotatable bonds is 8. The molecule has 0 aromatic heterocycles. The number of aliphatic carboxylic acids is 1. The Morgan fingerprint density at radius 2 is 2.12 bits per heavy atom. The van der Waals surface area contributed by atoms with Crippen LogP contribution in [0.25, 0.3) is 0 Å². The van der Waals surface area contributed by atoms with E-state index in [1.54, 1.807) is 13.8 Å². The number of carbonyl (C=O) groups is 1. The van der Waals surface area contributed by atoms with E-state index in [2.05, 4.69) is 0 Å². The summed E-state index contributed by atoms with van der Waals surface area (Å²) in [6.45, 7) is 6.41. The summed E-state index contributed by atoms with van der Waals surface area (Å²) in [5.41, 5.74) is -0.689. The Bertz CT molecular complexity index is 236. The van der Waals surface area contributed by atoms with Gasteiger partial charge in [-0.25, -0.2) is 0 Å². The van der Waals surface area contributed by atoms with Crippen molar-refractivity contribution in [2.24, 2.45) is 11.3 Å². The molecule has 0 amide bonds. The molecule has 0 radical (unpaired) electrons. The highest BCUT2D eigenvalue weighted by Gasteiger charge is 2.28. The minimum Gasteiger partial charge on any atom is -0.481 e. The molecule has 0 aromatic carbocycles. The molecule has 0 spiro atoms. The maximum Gasteiger partial charge on any atom is 0.310 e. The zero-order chi connectivity index (χ0) is 12.2. The number of likely N-dealkylation sites (N-methyl/N-ethyl adjacent to an activating group) is 1. The molecule has 0 aromatic rings. The largest absolute Gasteiger partial charge is 0.481 e. The Kier molecular flexibility index (Phi) is 4.74. The van der Waals surface area contributed by atoms with Gasteiger partial charge in [-0.1, -0.05) is 0 Å². The molecule has 94 valence electrons. The topological polar surface area (TPSA) is 49.8 Å². The quantitative estimate of drug-likeness (QED) is 0.640. The van der Waals surface area contributed by atoms with Gasteiger partial charge in [0, 0.05) is 19.7 Å². The summed E-state index contributed by atoms with van der Waals surface area (Å²) >= 11 is 0. The molecular formula is C12H23NO3. The van der Waals surface area contributed by atoms with E-state index in [0.29, 0.717) is 13.2 Å². The monoisotopic (exact) mass is 229 g/mol.